The number of nitrogens with zero attached hydrogens (tertiary/aromatic N) is 2. The van der Waals surface area contributed by atoms with Gasteiger partial charge in [0.05, 0.1) is 13.5 Å². The molecule has 2 heterocycles. The Balaban J connectivity index is -0.000000360. The maximum absolute atomic E-state index is 12.1. The molecule has 0 aromatic heterocycles. The highest BCUT2D eigenvalue weighted by Crippen LogP contribution is 2.32. The number of ether oxygens (including phenoxy) is 1. The fourth-order valence-corrected chi connectivity index (χ4v) is 5.06. The first-order valence-electron chi connectivity index (χ1n) is 12.3. The number of carbonyl (C=O) groups excluding carboxylic acids is 1. The Kier molecular flexibility index (Phi) is 18.8. The van der Waals surface area contributed by atoms with Crippen molar-refractivity contribution in [2.24, 2.45) is 0 Å². The van der Waals surface area contributed by atoms with Crippen LogP contribution in [0.4, 0.5) is 17.1 Å². The minimum atomic E-state index is -0.201. The van der Waals surface area contributed by atoms with Crippen LogP contribution in [0.25, 0.3) is 0 Å². The molecule has 13 N–H and O–H groups in total. The summed E-state index contributed by atoms with van der Waals surface area (Å²) in [4.78, 5) is 17.1. The first-order valence-corrected chi connectivity index (χ1v) is 12.7. The number of esters is 1. The van der Waals surface area contributed by atoms with Crippen LogP contribution in [0.5, 0.6) is 0 Å². The summed E-state index contributed by atoms with van der Waals surface area (Å²) in [7, 11) is 1.45. The maximum Gasteiger partial charge on any atom is 0.306 e. The van der Waals surface area contributed by atoms with E-state index in [0.717, 1.165) is 37.4 Å². The number of hydrogen-bond acceptors (Lipinski definition) is 9. The smallest absolute Gasteiger partial charge is 0.306 e. The molecule has 0 radical (unpaired) electrons. The van der Waals surface area contributed by atoms with Gasteiger partial charge in [-0.1, -0.05) is 23.7 Å². The Morgan fingerprint density at radius 1 is 0.868 bits per heavy atom. The van der Waals surface area contributed by atoms with Crippen molar-refractivity contribution in [1.82, 2.24) is 24.6 Å². The Morgan fingerprint density at radius 2 is 1.34 bits per heavy atom. The number of rotatable bonds is 8. The molecule has 4 rings (SSSR count). The molecule has 11 heteroatoms. The zero-order valence-corrected chi connectivity index (χ0v) is 24.5. The molecule has 226 valence electrons. The van der Waals surface area contributed by atoms with Crippen molar-refractivity contribution in [1.29, 1.82) is 0 Å². The third kappa shape index (κ3) is 10.5. The van der Waals surface area contributed by atoms with Crippen LogP contribution in [0.3, 0.4) is 0 Å². The Hall–Kier alpha value is -2.27. The third-order valence-corrected chi connectivity index (χ3v) is 7.13. The van der Waals surface area contributed by atoms with Crippen LogP contribution in [-0.2, 0) is 9.53 Å². The number of piperidine rings is 2. The number of anilines is 3. The van der Waals surface area contributed by atoms with Gasteiger partial charge >= 0.3 is 5.97 Å². The van der Waals surface area contributed by atoms with Crippen LogP contribution in [0.1, 0.15) is 62.1 Å². The zero-order chi connectivity index (χ0) is 23.0. The molecule has 1 atom stereocenters. The van der Waals surface area contributed by atoms with E-state index in [1.165, 1.54) is 57.0 Å². The predicted octanol–water partition coefficient (Wildman–Crippen LogP) is 8.13. The number of benzene rings is 2. The molecule has 0 bridgehead atoms. The molecular formula is C27H57Cl2N7O2. The second-order valence-corrected chi connectivity index (χ2v) is 9.68. The Morgan fingerprint density at radius 3 is 1.79 bits per heavy atom. The van der Waals surface area contributed by atoms with Gasteiger partial charge in [-0.05, 0) is 74.4 Å². The molecule has 2 aromatic rings. The standard InChI is InChI=1S/C27H36ClN3O2.ClH.4H3N.4H2/c1-33-27(32)16-22(21-8-10-23(28)11-9-21)20-29-24-17-25(30-12-4-2-5-13-30)19-26(18-24)31-14-6-3-7-15-31;;;;;;;;;/h8-11,17-19,22,29H,2-7,12-16,20H2,1H3;1H;4*1H3;4*1H. The average Bonchev–Trinajstić information content (AvgIpc) is 2.88. The normalized spacial score (nSPS) is 15.2. The number of halogens is 2. The molecule has 2 aliphatic heterocycles. The van der Waals surface area contributed by atoms with Crippen LogP contribution in [0.2, 0.25) is 5.02 Å². The minimum absolute atomic E-state index is 0. The van der Waals surface area contributed by atoms with Gasteiger partial charge in [0.2, 0.25) is 0 Å². The quantitative estimate of drug-likeness (QED) is 0.192. The van der Waals surface area contributed by atoms with Crippen LogP contribution in [-0.4, -0.2) is 45.8 Å². The van der Waals surface area contributed by atoms with Gasteiger partial charge in [-0.3, -0.25) is 4.79 Å². The number of carbonyl (C=O) groups is 1. The van der Waals surface area contributed by atoms with E-state index in [1.54, 1.807) is 0 Å². The fraction of sp³-hybridized carbons (Fsp3) is 0.519. The molecule has 0 saturated carbocycles. The molecule has 9 nitrogen and oxygen atoms in total. The van der Waals surface area contributed by atoms with Gasteiger partial charge in [0.1, 0.15) is 0 Å². The van der Waals surface area contributed by atoms with E-state index in [4.69, 9.17) is 16.3 Å². The topological polar surface area (TPSA) is 185 Å². The summed E-state index contributed by atoms with van der Waals surface area (Å²) in [5, 5.41) is 4.35. The SMILES string of the molecule is COC(=O)CC(CNc1cc(N2CCCCC2)cc(N2CCCCC2)c1)c1ccc(Cl)cc1.Cl.N.N.N.N.[HH].[HH].[HH].[HH]. The molecule has 0 amide bonds. The van der Waals surface area contributed by atoms with Gasteiger partial charge in [0.25, 0.3) is 0 Å². The molecule has 38 heavy (non-hydrogen) atoms. The van der Waals surface area contributed by atoms with Gasteiger partial charge in [-0.2, -0.15) is 0 Å². The number of hydrogen-bond donors (Lipinski definition) is 5. The van der Waals surface area contributed by atoms with Gasteiger partial charge in [0, 0.05) is 66.4 Å². The summed E-state index contributed by atoms with van der Waals surface area (Å²) in [6.45, 7) is 5.15. The Bertz CT molecular complexity index is 905. The van der Waals surface area contributed by atoms with Gasteiger partial charge in [0.15, 0.2) is 0 Å². The number of methoxy groups -OCH3 is 1. The van der Waals surface area contributed by atoms with Crippen molar-refractivity contribution in [3.05, 3.63) is 53.1 Å². The largest absolute Gasteiger partial charge is 0.469 e. The van der Waals surface area contributed by atoms with E-state index in [0.29, 0.717) is 18.0 Å². The van der Waals surface area contributed by atoms with E-state index < -0.39 is 0 Å². The lowest BCUT2D eigenvalue weighted by molar-refractivity contribution is -0.141. The first-order chi connectivity index (χ1) is 16.1. The maximum atomic E-state index is 12.1. The minimum Gasteiger partial charge on any atom is -0.469 e. The van der Waals surface area contributed by atoms with Crippen molar-refractivity contribution in [3.8, 4) is 0 Å². The third-order valence-electron chi connectivity index (χ3n) is 6.88. The number of nitrogens with one attached hydrogen (secondary N) is 1. The lowest BCUT2D eigenvalue weighted by Gasteiger charge is -2.33. The summed E-state index contributed by atoms with van der Waals surface area (Å²) in [6.07, 6.45) is 8.01. The molecule has 0 aliphatic carbocycles. The van der Waals surface area contributed by atoms with Gasteiger partial charge in [-0.15, -0.1) is 12.4 Å². The highest BCUT2D eigenvalue weighted by Gasteiger charge is 2.19. The summed E-state index contributed by atoms with van der Waals surface area (Å²) in [5.74, 6) is -0.195. The molecule has 1 unspecified atom stereocenters. The van der Waals surface area contributed by atoms with Crippen LogP contribution < -0.4 is 39.7 Å². The first kappa shape index (κ1) is 37.9. The Labute approximate surface area is 245 Å². The zero-order valence-electron chi connectivity index (χ0n) is 22.9. The van der Waals surface area contributed by atoms with Gasteiger partial charge < -0.3 is 44.5 Å². The highest BCUT2D eigenvalue weighted by atomic mass is 35.5. The van der Waals surface area contributed by atoms with E-state index in [-0.39, 0.29) is 54.6 Å². The average molecular weight is 583 g/mol. The van der Waals surface area contributed by atoms with Crippen LogP contribution in [0.15, 0.2) is 42.5 Å². The van der Waals surface area contributed by atoms with Crippen LogP contribution >= 0.6 is 24.0 Å². The summed E-state index contributed by atoms with van der Waals surface area (Å²) >= 11 is 6.09. The molecule has 2 saturated heterocycles. The van der Waals surface area contributed by atoms with Crippen molar-refractivity contribution in [3.63, 3.8) is 0 Å². The van der Waals surface area contributed by atoms with Crippen LogP contribution in [0, 0.1) is 0 Å². The lowest BCUT2D eigenvalue weighted by atomic mass is 9.95. The molecule has 2 aliphatic rings. The van der Waals surface area contributed by atoms with E-state index >= 15 is 0 Å². The fourth-order valence-electron chi connectivity index (χ4n) is 4.93. The molecule has 0 spiro atoms. The van der Waals surface area contributed by atoms with Crippen molar-refractivity contribution in [2.45, 2.75) is 50.9 Å². The molecular weight excluding hydrogens is 525 g/mol. The van der Waals surface area contributed by atoms with Crippen molar-refractivity contribution in [2.75, 3.05) is 55.0 Å². The second kappa shape index (κ2) is 18.9. The highest BCUT2D eigenvalue weighted by molar-refractivity contribution is 6.30. The van der Waals surface area contributed by atoms with E-state index in [2.05, 4.69) is 33.3 Å². The summed E-state index contributed by atoms with van der Waals surface area (Å²) in [5.41, 5.74) is 4.80. The molecule has 2 fully saturated rings. The summed E-state index contributed by atoms with van der Waals surface area (Å²) < 4.78 is 4.97. The lowest BCUT2D eigenvalue weighted by Crippen LogP contribution is -2.31. The monoisotopic (exact) mass is 581 g/mol. The second-order valence-electron chi connectivity index (χ2n) is 9.24. The van der Waals surface area contributed by atoms with Crippen molar-refractivity contribution < 1.29 is 15.2 Å². The predicted molar refractivity (Wildman–Crippen MR) is 174 cm³/mol. The van der Waals surface area contributed by atoms with E-state index in [1.807, 2.05) is 24.3 Å². The summed E-state index contributed by atoms with van der Waals surface area (Å²) in [6, 6.07) is 14.7. The van der Waals surface area contributed by atoms with E-state index in [9.17, 15) is 4.79 Å². The van der Waals surface area contributed by atoms with Gasteiger partial charge in [-0.25, -0.2) is 0 Å². The van der Waals surface area contributed by atoms with Crippen molar-refractivity contribution >= 4 is 47.0 Å². The molecule has 2 aromatic carbocycles.